The molecule has 22 heteroatoms. The Bertz CT molecular complexity index is 2460. The number of aliphatic hydroxyl groups excluding tert-OH is 1. The summed E-state index contributed by atoms with van der Waals surface area (Å²) < 4.78 is 16.5. The maximum atomic E-state index is 13.0. The number of urea groups is 1. The first-order chi connectivity index (χ1) is 33.0. The van der Waals surface area contributed by atoms with Gasteiger partial charge in [0.1, 0.15) is 17.2 Å². The number of imide groups is 1. The van der Waals surface area contributed by atoms with Crippen molar-refractivity contribution in [2.75, 3.05) is 100 Å². The molecule has 3 aliphatic heterocycles. The molecule has 360 valence electrons. The largest absolute Gasteiger partial charge is 0.388 e. The van der Waals surface area contributed by atoms with Crippen molar-refractivity contribution in [1.29, 1.82) is 0 Å². The minimum Gasteiger partial charge on any atom is -0.388 e. The third-order valence-corrected chi connectivity index (χ3v) is 11.6. The van der Waals surface area contributed by atoms with E-state index in [2.05, 4.69) is 46.8 Å². The van der Waals surface area contributed by atoms with Gasteiger partial charge in [-0.25, -0.2) is 9.78 Å². The number of para-hydroxylation sites is 1. The highest BCUT2D eigenvalue weighted by molar-refractivity contribution is 6.33. The molecule has 2 fully saturated rings. The van der Waals surface area contributed by atoms with E-state index in [4.69, 9.17) is 25.8 Å². The molecule has 3 aromatic carbocycles. The molecular weight excluding hydrogens is 902 g/mol. The molecule has 0 radical (unpaired) electrons. The van der Waals surface area contributed by atoms with Crippen LogP contribution in [0.15, 0.2) is 72.9 Å². The van der Waals surface area contributed by atoms with Gasteiger partial charge < -0.3 is 60.6 Å². The molecule has 0 saturated carbocycles. The normalized spacial score (nSPS) is 16.2. The number of nitrogens with zero attached hydrogens (tertiary/aromatic N) is 5. The van der Waals surface area contributed by atoms with Crippen molar-refractivity contribution >= 4 is 81.7 Å². The number of hydrogen-bond acceptors (Lipinski definition) is 15. The van der Waals surface area contributed by atoms with Gasteiger partial charge >= 0.3 is 6.03 Å². The van der Waals surface area contributed by atoms with Crippen LogP contribution in [-0.2, 0) is 35.1 Å². The van der Waals surface area contributed by atoms with Gasteiger partial charge in [-0.1, -0.05) is 29.8 Å². The van der Waals surface area contributed by atoms with Gasteiger partial charge in [-0.15, -0.1) is 0 Å². The van der Waals surface area contributed by atoms with Crippen molar-refractivity contribution in [2.24, 2.45) is 0 Å². The van der Waals surface area contributed by atoms with Crippen LogP contribution in [0, 0.1) is 0 Å². The fraction of sp³-hybridized carbons (Fsp3) is 0.391. The van der Waals surface area contributed by atoms with Crippen LogP contribution in [0.2, 0.25) is 5.02 Å². The van der Waals surface area contributed by atoms with Crippen LogP contribution < -0.4 is 36.8 Å². The number of carbonyl (C=O) groups is 6. The zero-order chi connectivity index (χ0) is 48.0. The van der Waals surface area contributed by atoms with E-state index in [1.165, 1.54) is 11.1 Å². The van der Waals surface area contributed by atoms with Crippen LogP contribution in [0.1, 0.15) is 45.5 Å². The molecule has 4 heterocycles. The Hall–Kier alpha value is -6.91. The molecule has 2 atom stereocenters. The first kappa shape index (κ1) is 49.0. The molecule has 0 spiro atoms. The predicted molar refractivity (Wildman–Crippen MR) is 251 cm³/mol. The zero-order valence-electron chi connectivity index (χ0n) is 37.4. The van der Waals surface area contributed by atoms with Crippen molar-refractivity contribution in [3.8, 4) is 0 Å². The number of fused-ring (bicyclic) bond motifs is 1. The first-order valence-corrected chi connectivity index (χ1v) is 22.6. The number of nitrogens with one attached hydrogen (secondary N) is 6. The van der Waals surface area contributed by atoms with Crippen LogP contribution >= 0.6 is 11.6 Å². The van der Waals surface area contributed by atoms with Gasteiger partial charge in [0.2, 0.25) is 23.7 Å². The van der Waals surface area contributed by atoms with E-state index in [-0.39, 0.29) is 107 Å². The number of ether oxygens (including phenoxy) is 3. The lowest BCUT2D eigenvalue weighted by Crippen LogP contribution is -2.52. The molecule has 7 amide bonds. The first-order valence-electron chi connectivity index (χ1n) is 22.2. The van der Waals surface area contributed by atoms with Gasteiger partial charge in [0, 0.05) is 80.9 Å². The van der Waals surface area contributed by atoms with Crippen LogP contribution in [0.3, 0.4) is 0 Å². The second-order valence-corrected chi connectivity index (χ2v) is 16.4. The Morgan fingerprint density at radius 1 is 0.882 bits per heavy atom. The van der Waals surface area contributed by atoms with Crippen LogP contribution in [0.4, 0.5) is 39.3 Å². The number of aliphatic hydroxyl groups is 1. The van der Waals surface area contributed by atoms with Gasteiger partial charge in [0.25, 0.3) is 11.8 Å². The Balaban J connectivity index is 0.712. The van der Waals surface area contributed by atoms with Crippen molar-refractivity contribution < 1.29 is 48.1 Å². The maximum Gasteiger partial charge on any atom is 0.317 e. The maximum absolute atomic E-state index is 13.0. The van der Waals surface area contributed by atoms with Crippen molar-refractivity contribution in [3.05, 3.63) is 94.6 Å². The van der Waals surface area contributed by atoms with Gasteiger partial charge in [-0.3, -0.25) is 29.3 Å². The second kappa shape index (κ2) is 23.7. The molecule has 7 rings (SSSR count). The minimum absolute atomic E-state index is 0.0149. The summed E-state index contributed by atoms with van der Waals surface area (Å²) in [5.41, 5.74) is 4.24. The van der Waals surface area contributed by atoms with Gasteiger partial charge in [0.15, 0.2) is 5.82 Å². The molecule has 4 aromatic rings. The lowest BCUT2D eigenvalue weighted by molar-refractivity contribution is -0.137. The molecule has 0 aliphatic carbocycles. The summed E-state index contributed by atoms with van der Waals surface area (Å²) in [7, 11) is 1.56. The summed E-state index contributed by atoms with van der Waals surface area (Å²) in [6.45, 7) is 3.51. The summed E-state index contributed by atoms with van der Waals surface area (Å²) >= 11 is 6.38. The highest BCUT2D eigenvalue weighted by atomic mass is 35.5. The summed E-state index contributed by atoms with van der Waals surface area (Å²) in [4.78, 5) is 89.0. The van der Waals surface area contributed by atoms with Crippen molar-refractivity contribution in [2.45, 2.75) is 38.0 Å². The molecule has 0 bridgehead atoms. The third-order valence-electron chi connectivity index (χ3n) is 11.3. The van der Waals surface area contributed by atoms with Gasteiger partial charge in [0.05, 0.1) is 63.5 Å². The van der Waals surface area contributed by atoms with E-state index in [0.717, 1.165) is 11.4 Å². The van der Waals surface area contributed by atoms with Crippen LogP contribution in [0.5, 0.6) is 0 Å². The second-order valence-electron chi connectivity index (χ2n) is 16.0. The fourth-order valence-corrected chi connectivity index (χ4v) is 7.89. The minimum atomic E-state index is -0.883. The average molecular weight is 956 g/mol. The lowest BCUT2D eigenvalue weighted by Gasteiger charge is -2.36. The number of rotatable bonds is 21. The summed E-state index contributed by atoms with van der Waals surface area (Å²) in [5, 5.41) is 27.4. The molecule has 2 unspecified atom stereocenters. The monoisotopic (exact) mass is 955 g/mol. The van der Waals surface area contributed by atoms with Gasteiger partial charge in [-0.05, 0) is 55.0 Å². The van der Waals surface area contributed by atoms with E-state index in [0.29, 0.717) is 66.0 Å². The van der Waals surface area contributed by atoms with Crippen LogP contribution in [0.25, 0.3) is 0 Å². The Labute approximate surface area is 397 Å². The van der Waals surface area contributed by atoms with Crippen molar-refractivity contribution in [1.82, 2.24) is 35.7 Å². The molecule has 1 aromatic heterocycles. The van der Waals surface area contributed by atoms with Crippen LogP contribution in [-0.4, -0.2) is 152 Å². The van der Waals surface area contributed by atoms with E-state index < -0.39 is 18.1 Å². The highest BCUT2D eigenvalue weighted by Crippen LogP contribution is 2.33. The Morgan fingerprint density at radius 3 is 2.38 bits per heavy atom. The number of benzene rings is 3. The van der Waals surface area contributed by atoms with Gasteiger partial charge in [-0.2, -0.15) is 4.98 Å². The van der Waals surface area contributed by atoms with Crippen molar-refractivity contribution in [3.63, 3.8) is 0 Å². The number of halogens is 1. The molecule has 3 aliphatic rings. The van der Waals surface area contributed by atoms with E-state index in [1.54, 1.807) is 54.4 Å². The highest BCUT2D eigenvalue weighted by Gasteiger charge is 2.40. The SMILES string of the molecule is CNC(=O)c1ccccc1Nc1nc(Nc2ccc(N3CCN(C(=O)NCCOCC(O)COCCOCCC(=O)Nc4cccc5c4CN(C4CCC(=O)NC4=O)C5=O)CC3)cc2)ncc1Cl. The number of hydrogen-bond donors (Lipinski definition) is 7. The standard InChI is InChI=1S/C46H54ClN11O10/c1-48-42(62)33-5-2-3-7-36(33)53-41-35(47)25-50-45(55-41)51-29-9-11-30(12-10-29)56-17-19-57(20-18-56)46(65)49-16-22-67-27-31(59)28-68-24-23-66-21-15-40(61)52-37-8-4-6-32-34(37)26-58(44(32)64)38-13-14-39(60)54-43(38)63/h2-12,25,31,38,59H,13-24,26-28H2,1H3,(H,48,62)(H,49,65)(H,52,61)(H,54,60,63)(H2,50,51,53,55). The number of carbonyl (C=O) groups excluding carboxylic acids is 6. The number of aromatic nitrogens is 2. The smallest absolute Gasteiger partial charge is 0.317 e. The molecular formula is C46H54ClN11O10. The van der Waals surface area contributed by atoms with E-state index >= 15 is 0 Å². The Morgan fingerprint density at radius 2 is 1.62 bits per heavy atom. The summed E-state index contributed by atoms with van der Waals surface area (Å²) in [6, 6.07) is 18.9. The molecule has 7 N–H and O–H groups in total. The fourth-order valence-electron chi connectivity index (χ4n) is 7.75. The van der Waals surface area contributed by atoms with E-state index in [1.807, 2.05) is 24.3 Å². The number of piperazine rings is 1. The topological polar surface area (TPSA) is 258 Å². The summed E-state index contributed by atoms with van der Waals surface area (Å²) in [6.07, 6.45) is 1.05. The quantitative estimate of drug-likeness (QED) is 0.0468. The molecule has 68 heavy (non-hydrogen) atoms. The summed E-state index contributed by atoms with van der Waals surface area (Å²) in [5.74, 6) is -1.09. The predicted octanol–water partition coefficient (Wildman–Crippen LogP) is 3.01. The average Bonchev–Trinajstić information content (AvgIpc) is 3.68. The lowest BCUT2D eigenvalue weighted by atomic mass is 10.0. The third kappa shape index (κ3) is 12.9. The van der Waals surface area contributed by atoms with E-state index in [9.17, 15) is 33.9 Å². The molecule has 2 saturated heterocycles. The molecule has 21 nitrogen and oxygen atoms in total. The zero-order valence-corrected chi connectivity index (χ0v) is 38.2. The number of anilines is 6. The number of piperidine rings is 1. The Kier molecular flexibility index (Phi) is 17.1. The number of amides is 7.